The molecule has 178 valence electrons. The van der Waals surface area contributed by atoms with Crippen LogP contribution in [-0.2, 0) is 20.8 Å². The lowest BCUT2D eigenvalue weighted by molar-refractivity contribution is -0.384. The molecule has 0 spiro atoms. The molecule has 11 heteroatoms. The van der Waals surface area contributed by atoms with E-state index < -0.39 is 34.6 Å². The van der Waals surface area contributed by atoms with Crippen molar-refractivity contribution >= 4 is 46.3 Å². The van der Waals surface area contributed by atoms with Crippen molar-refractivity contribution in [1.82, 2.24) is 10.4 Å². The Morgan fingerprint density at radius 2 is 1.89 bits per heavy atom. The number of nitrogens with one attached hydrogen (secondary N) is 1. The Balaban J connectivity index is 1.63. The third kappa shape index (κ3) is 5.09. The van der Waals surface area contributed by atoms with E-state index in [9.17, 15) is 29.3 Å². The maximum atomic E-state index is 13.3. The van der Waals surface area contributed by atoms with Gasteiger partial charge in [0.25, 0.3) is 17.5 Å². The number of nitrogens with zero attached hydrogens (tertiary/aromatic N) is 3. The van der Waals surface area contributed by atoms with Gasteiger partial charge in [0.15, 0.2) is 0 Å². The SMILES string of the molecule is Cc1ccc(N2C(=O)CC(N(NC(=O)c3cccc([N+](=O)[O-])c3)C(=O)Cc3cccs3)C2=O)cc1. The molecule has 10 nitrogen and oxygen atoms in total. The summed E-state index contributed by atoms with van der Waals surface area (Å²) in [7, 11) is 0. The molecule has 35 heavy (non-hydrogen) atoms. The van der Waals surface area contributed by atoms with Gasteiger partial charge in [-0.25, -0.2) is 9.91 Å². The number of non-ortho nitro benzene ring substituents is 1. The predicted octanol–water partition coefficient (Wildman–Crippen LogP) is 3.01. The summed E-state index contributed by atoms with van der Waals surface area (Å²) in [5, 5.41) is 13.7. The highest BCUT2D eigenvalue weighted by Gasteiger charge is 2.45. The molecule has 0 saturated carbocycles. The molecule has 1 aliphatic heterocycles. The molecule has 1 saturated heterocycles. The van der Waals surface area contributed by atoms with E-state index in [-0.39, 0.29) is 24.1 Å². The second-order valence-electron chi connectivity index (χ2n) is 7.89. The van der Waals surface area contributed by atoms with Crippen molar-refractivity contribution in [2.75, 3.05) is 4.90 Å². The number of hydrogen-bond donors (Lipinski definition) is 1. The second kappa shape index (κ2) is 9.85. The summed E-state index contributed by atoms with van der Waals surface area (Å²) in [4.78, 5) is 64.4. The first kappa shape index (κ1) is 23.8. The van der Waals surface area contributed by atoms with Crippen LogP contribution >= 0.6 is 11.3 Å². The van der Waals surface area contributed by atoms with Crippen LogP contribution in [0.25, 0.3) is 0 Å². The van der Waals surface area contributed by atoms with E-state index in [1.54, 1.807) is 41.8 Å². The van der Waals surface area contributed by atoms with E-state index in [1.165, 1.54) is 29.5 Å². The molecule has 1 fully saturated rings. The Morgan fingerprint density at radius 3 is 2.54 bits per heavy atom. The number of anilines is 1. The summed E-state index contributed by atoms with van der Waals surface area (Å²) < 4.78 is 0. The number of hydrazine groups is 1. The van der Waals surface area contributed by atoms with Crippen molar-refractivity contribution < 1.29 is 24.1 Å². The number of carbonyl (C=O) groups excluding carboxylic acids is 4. The van der Waals surface area contributed by atoms with Crippen molar-refractivity contribution in [3.63, 3.8) is 0 Å². The second-order valence-corrected chi connectivity index (χ2v) is 8.92. The summed E-state index contributed by atoms with van der Waals surface area (Å²) in [5.74, 6) is -2.58. The lowest BCUT2D eigenvalue weighted by Gasteiger charge is -2.28. The van der Waals surface area contributed by atoms with Crippen LogP contribution in [0.4, 0.5) is 11.4 Å². The number of amides is 4. The van der Waals surface area contributed by atoms with Gasteiger partial charge in [-0.1, -0.05) is 29.8 Å². The largest absolute Gasteiger partial charge is 0.274 e. The van der Waals surface area contributed by atoms with Gasteiger partial charge in [0.1, 0.15) is 6.04 Å². The fourth-order valence-electron chi connectivity index (χ4n) is 3.68. The molecule has 1 N–H and O–H groups in total. The van der Waals surface area contributed by atoms with Crippen LogP contribution in [0.3, 0.4) is 0 Å². The van der Waals surface area contributed by atoms with Crippen molar-refractivity contribution in [1.29, 1.82) is 0 Å². The van der Waals surface area contributed by atoms with Crippen molar-refractivity contribution in [3.05, 3.63) is 92.2 Å². The van der Waals surface area contributed by atoms with Gasteiger partial charge >= 0.3 is 0 Å². The third-order valence-electron chi connectivity index (χ3n) is 5.44. The Hall–Kier alpha value is -4.38. The van der Waals surface area contributed by atoms with Gasteiger partial charge in [-0.05, 0) is 36.6 Å². The normalized spacial score (nSPS) is 15.2. The number of hydrogen-bond acceptors (Lipinski definition) is 7. The summed E-state index contributed by atoms with van der Waals surface area (Å²) >= 11 is 1.33. The van der Waals surface area contributed by atoms with E-state index in [4.69, 9.17) is 0 Å². The molecule has 1 atom stereocenters. The molecule has 0 radical (unpaired) electrons. The molecule has 1 unspecified atom stereocenters. The van der Waals surface area contributed by atoms with Gasteiger partial charge in [0, 0.05) is 22.6 Å². The average Bonchev–Trinajstić information content (AvgIpc) is 3.45. The maximum absolute atomic E-state index is 13.3. The van der Waals surface area contributed by atoms with Gasteiger partial charge in [0.2, 0.25) is 11.8 Å². The Labute approximate surface area is 203 Å². The van der Waals surface area contributed by atoms with Gasteiger partial charge < -0.3 is 0 Å². The molecule has 1 aliphatic rings. The maximum Gasteiger partial charge on any atom is 0.270 e. The topological polar surface area (TPSA) is 130 Å². The van der Waals surface area contributed by atoms with E-state index >= 15 is 0 Å². The van der Waals surface area contributed by atoms with Crippen LogP contribution in [0, 0.1) is 17.0 Å². The van der Waals surface area contributed by atoms with Gasteiger partial charge in [0.05, 0.1) is 23.5 Å². The highest BCUT2D eigenvalue weighted by molar-refractivity contribution is 7.10. The van der Waals surface area contributed by atoms with Gasteiger partial charge in [-0.3, -0.25) is 34.7 Å². The van der Waals surface area contributed by atoms with Crippen molar-refractivity contribution in [2.24, 2.45) is 0 Å². The molecule has 2 aromatic carbocycles. The quantitative estimate of drug-likeness (QED) is 0.320. The van der Waals surface area contributed by atoms with Crippen LogP contribution in [0.2, 0.25) is 0 Å². The first-order valence-corrected chi connectivity index (χ1v) is 11.5. The minimum absolute atomic E-state index is 0.0692. The van der Waals surface area contributed by atoms with Crippen LogP contribution in [0.15, 0.2) is 66.0 Å². The summed E-state index contributed by atoms with van der Waals surface area (Å²) in [6, 6.07) is 14.0. The number of nitro groups is 1. The highest BCUT2D eigenvalue weighted by atomic mass is 32.1. The zero-order valence-corrected chi connectivity index (χ0v) is 19.4. The van der Waals surface area contributed by atoms with E-state index in [1.807, 2.05) is 6.92 Å². The smallest absolute Gasteiger partial charge is 0.270 e. The third-order valence-corrected chi connectivity index (χ3v) is 6.32. The summed E-state index contributed by atoms with van der Waals surface area (Å²) in [6.07, 6.45) is -0.423. The number of aryl methyl sites for hydroxylation is 1. The minimum Gasteiger partial charge on any atom is -0.274 e. The number of carbonyl (C=O) groups is 4. The molecule has 1 aromatic heterocycles. The highest BCUT2D eigenvalue weighted by Crippen LogP contribution is 2.26. The van der Waals surface area contributed by atoms with Crippen LogP contribution in [0.5, 0.6) is 0 Å². The Bertz CT molecular complexity index is 1310. The molecule has 4 rings (SSSR count). The molecule has 2 heterocycles. The monoisotopic (exact) mass is 492 g/mol. The van der Waals surface area contributed by atoms with Crippen LogP contribution in [0.1, 0.15) is 27.2 Å². The van der Waals surface area contributed by atoms with Crippen LogP contribution in [-0.4, -0.2) is 39.6 Å². The number of imide groups is 1. The first-order valence-electron chi connectivity index (χ1n) is 10.6. The molecule has 0 bridgehead atoms. The van der Waals surface area contributed by atoms with Crippen molar-refractivity contribution in [2.45, 2.75) is 25.8 Å². The number of benzene rings is 2. The fourth-order valence-corrected chi connectivity index (χ4v) is 4.37. The lowest BCUT2D eigenvalue weighted by atomic mass is 10.2. The Morgan fingerprint density at radius 1 is 1.14 bits per heavy atom. The van der Waals surface area contributed by atoms with E-state index in [0.717, 1.165) is 21.5 Å². The predicted molar refractivity (Wildman–Crippen MR) is 128 cm³/mol. The lowest BCUT2D eigenvalue weighted by Crippen LogP contribution is -2.55. The van der Waals surface area contributed by atoms with Crippen molar-refractivity contribution in [3.8, 4) is 0 Å². The zero-order valence-electron chi connectivity index (χ0n) is 18.5. The number of thiophene rings is 1. The summed E-state index contributed by atoms with van der Waals surface area (Å²) in [5.41, 5.74) is 3.35. The molecular weight excluding hydrogens is 472 g/mol. The zero-order chi connectivity index (χ0) is 25.1. The molecule has 3 aromatic rings. The fraction of sp³-hybridized carbons (Fsp3) is 0.167. The molecular formula is C24H20N4O6S. The summed E-state index contributed by atoms with van der Waals surface area (Å²) in [6.45, 7) is 1.87. The average molecular weight is 493 g/mol. The molecule has 4 amide bonds. The first-order chi connectivity index (χ1) is 16.7. The number of nitro benzene ring substituents is 1. The van der Waals surface area contributed by atoms with Gasteiger partial charge in [-0.2, -0.15) is 0 Å². The van der Waals surface area contributed by atoms with E-state index in [0.29, 0.717) is 10.6 Å². The van der Waals surface area contributed by atoms with Crippen LogP contribution < -0.4 is 10.3 Å². The van der Waals surface area contributed by atoms with Gasteiger partial charge in [-0.15, -0.1) is 11.3 Å². The van der Waals surface area contributed by atoms with E-state index in [2.05, 4.69) is 5.43 Å². The standard InChI is InChI=1S/C24H20N4O6S/c1-15-7-9-17(10-8-15)26-21(29)14-20(24(26)32)27(22(30)13-19-6-3-11-35-19)25-23(31)16-4-2-5-18(12-16)28(33)34/h2-12,20H,13-14H2,1H3,(H,25,31). The number of rotatable bonds is 6. The Kier molecular flexibility index (Phi) is 6.69. The molecule has 0 aliphatic carbocycles. The minimum atomic E-state index is -1.26.